The Balaban J connectivity index is 0.000000154. The summed E-state index contributed by atoms with van der Waals surface area (Å²) in [5.41, 5.74) is 28.4. The number of aliphatic hydroxyl groups is 10. The molecule has 13 rings (SSSR count). The number of aromatic amines is 3. The lowest BCUT2D eigenvalue weighted by atomic mass is 9.74. The Kier molecular flexibility index (Phi) is 24.2. The molecule has 9 aromatic rings. The molecule has 0 amide bonds. The van der Waals surface area contributed by atoms with Crippen molar-refractivity contribution in [3.63, 3.8) is 0 Å². The number of halogens is 1. The van der Waals surface area contributed by atoms with Gasteiger partial charge in [-0.3, -0.25) is 20.1 Å². The number of carbonyl (C=O) groups is 1. The first-order valence-corrected chi connectivity index (χ1v) is 34.9. The minimum atomic E-state index is -1.54. The summed E-state index contributed by atoms with van der Waals surface area (Å²) in [7, 11) is -0.381. The van der Waals surface area contributed by atoms with Gasteiger partial charge in [-0.15, -0.1) is 0 Å². The molecule has 0 aliphatic carbocycles. The number of H-pyrrole nitrogens is 3. The minimum absolute atomic E-state index is 0.0793. The van der Waals surface area contributed by atoms with Gasteiger partial charge < -0.3 is 96.5 Å². The van der Waals surface area contributed by atoms with Gasteiger partial charge in [0.25, 0.3) is 0 Å². The van der Waals surface area contributed by atoms with Crippen molar-refractivity contribution >= 4 is 80.3 Å². The first-order valence-electron chi connectivity index (χ1n) is 34.5. The summed E-state index contributed by atoms with van der Waals surface area (Å²) < 4.78 is 35.8. The van der Waals surface area contributed by atoms with Crippen molar-refractivity contribution < 1.29 is 84.1 Å². The molecule has 19 N–H and O–H groups in total. The van der Waals surface area contributed by atoms with Gasteiger partial charge in [0.05, 0.1) is 52.1 Å². The van der Waals surface area contributed by atoms with Crippen molar-refractivity contribution in [3.8, 4) is 22.3 Å². The van der Waals surface area contributed by atoms with Crippen molar-refractivity contribution in [2.75, 3.05) is 30.4 Å². The summed E-state index contributed by atoms with van der Waals surface area (Å²) in [5.74, 6) is 1.71. The normalized spacial score (nSPS) is 27.6. The maximum Gasteiger partial charge on any atom is 0.494 e. The number of benzene rings is 6. The second-order valence-electron chi connectivity index (χ2n) is 28.4. The molecule has 4 fully saturated rings. The van der Waals surface area contributed by atoms with Crippen molar-refractivity contribution in [3.05, 3.63) is 148 Å². The van der Waals surface area contributed by atoms with E-state index in [9.17, 15) is 55.9 Å². The molecule has 0 bridgehead atoms. The second kappa shape index (κ2) is 32.0. The average Bonchev–Trinajstić information content (AvgIpc) is 1.75. The number of ether oxygens (including phenoxy) is 4. The predicted octanol–water partition coefficient (Wildman–Crippen LogP) is 6.57. The summed E-state index contributed by atoms with van der Waals surface area (Å²) >= 11 is 5.84. The smallest absolute Gasteiger partial charge is 0.459 e. The number of nitrogen functional groups attached to an aromatic ring is 3. The van der Waals surface area contributed by atoms with E-state index in [-0.39, 0.29) is 54.4 Å². The topological polar surface area (TPSA) is 439 Å². The molecule has 28 heteroatoms. The highest BCUT2D eigenvalue weighted by atomic mass is 35.5. The molecule has 0 saturated carbocycles. The molecular formula is C75H97BClN9O17. The van der Waals surface area contributed by atoms with Crippen molar-refractivity contribution in [1.82, 2.24) is 30.6 Å². The number of hydrogen-bond donors (Lipinski definition) is 16. The predicted molar refractivity (Wildman–Crippen MR) is 392 cm³/mol. The average molecular weight is 1440 g/mol. The fourth-order valence-corrected chi connectivity index (χ4v) is 14.4. The lowest BCUT2D eigenvalue weighted by Gasteiger charge is -2.46. The highest BCUT2D eigenvalue weighted by Gasteiger charge is 2.53. The minimum Gasteiger partial charge on any atom is -0.459 e. The number of esters is 1. The maximum atomic E-state index is 11.9. The first kappa shape index (κ1) is 78.0. The maximum absolute atomic E-state index is 11.9. The third-order valence-electron chi connectivity index (χ3n) is 21.2. The number of hydrogen-bond acceptors (Lipinski definition) is 23. The second-order valence-corrected chi connectivity index (χ2v) is 28.8. The number of carbonyl (C=O) groups excluding carboxylic acids is 1. The Bertz CT molecular complexity index is 4230. The molecule has 0 spiro atoms. The molecular weight excluding hydrogens is 1350 g/mol. The van der Waals surface area contributed by atoms with Crippen LogP contribution in [0.2, 0.25) is 5.02 Å². The van der Waals surface area contributed by atoms with Crippen LogP contribution in [0.1, 0.15) is 120 Å². The number of fused-ring (bicyclic) bond motifs is 3. The Labute approximate surface area is 602 Å². The van der Waals surface area contributed by atoms with Gasteiger partial charge in [-0.1, -0.05) is 124 Å². The zero-order chi connectivity index (χ0) is 75.0. The van der Waals surface area contributed by atoms with E-state index in [0.717, 1.165) is 83.5 Å². The quantitative estimate of drug-likeness (QED) is 0.0428. The van der Waals surface area contributed by atoms with Crippen LogP contribution in [0.4, 0.5) is 17.5 Å². The highest BCUT2D eigenvalue weighted by molar-refractivity contribution is 6.62. The van der Waals surface area contributed by atoms with Crippen molar-refractivity contribution in [2.45, 2.75) is 198 Å². The van der Waals surface area contributed by atoms with E-state index in [1.54, 1.807) is 18.2 Å². The lowest BCUT2D eigenvalue weighted by molar-refractivity contribution is -0.250. The van der Waals surface area contributed by atoms with E-state index >= 15 is 0 Å². The summed E-state index contributed by atoms with van der Waals surface area (Å²) in [5, 5.41) is 125. The first-order chi connectivity index (χ1) is 48.7. The van der Waals surface area contributed by atoms with E-state index in [0.29, 0.717) is 39.5 Å². The summed E-state index contributed by atoms with van der Waals surface area (Å²) in [6.07, 6.45) is -15.5. The van der Waals surface area contributed by atoms with Gasteiger partial charge in [0.2, 0.25) is 0 Å². The van der Waals surface area contributed by atoms with Gasteiger partial charge in [-0.2, -0.15) is 15.3 Å². The van der Waals surface area contributed by atoms with Gasteiger partial charge >= 0.3 is 13.1 Å². The highest BCUT2D eigenvalue weighted by Crippen LogP contribution is 2.43. The molecule has 4 saturated heterocycles. The number of rotatable bonds is 13. The van der Waals surface area contributed by atoms with E-state index in [1.165, 1.54) is 12.5 Å². The van der Waals surface area contributed by atoms with Gasteiger partial charge in [-0.25, -0.2) is 0 Å². The number of anilines is 3. The molecule has 26 nitrogen and oxygen atoms in total. The van der Waals surface area contributed by atoms with E-state index in [1.807, 2.05) is 86.6 Å². The van der Waals surface area contributed by atoms with Crippen LogP contribution in [-0.2, 0) is 33.1 Å². The molecule has 0 radical (unpaired) electrons. The van der Waals surface area contributed by atoms with Gasteiger partial charge in [0.15, 0.2) is 17.5 Å². The summed E-state index contributed by atoms with van der Waals surface area (Å²) in [6, 6.07) is 34.1. The van der Waals surface area contributed by atoms with Crippen LogP contribution in [0.3, 0.4) is 0 Å². The van der Waals surface area contributed by atoms with Gasteiger partial charge in [0.1, 0.15) is 85.5 Å². The Hall–Kier alpha value is -7.65. The van der Waals surface area contributed by atoms with Crippen molar-refractivity contribution in [1.29, 1.82) is 0 Å². The summed E-state index contributed by atoms with van der Waals surface area (Å²) in [4.78, 5) is 11.9. The van der Waals surface area contributed by atoms with Gasteiger partial charge in [0, 0.05) is 46.0 Å². The molecule has 554 valence electrons. The Morgan fingerprint density at radius 2 is 0.971 bits per heavy atom. The van der Waals surface area contributed by atoms with E-state index in [4.69, 9.17) is 57.1 Å². The largest absolute Gasteiger partial charge is 0.494 e. The zero-order valence-corrected chi connectivity index (χ0v) is 60.5. The number of para-hydroxylation sites is 3. The number of nitrogens with two attached hydrogens (primary N) is 3. The van der Waals surface area contributed by atoms with Crippen LogP contribution < -0.4 is 22.7 Å². The molecule has 7 heterocycles. The molecule has 4 aliphatic rings. The monoisotopic (exact) mass is 1440 g/mol. The van der Waals surface area contributed by atoms with E-state index < -0.39 is 86.5 Å². The van der Waals surface area contributed by atoms with Crippen LogP contribution in [0, 0.1) is 32.6 Å². The van der Waals surface area contributed by atoms with E-state index in [2.05, 4.69) is 111 Å². The SMILES string of the molecule is CCC1O[C@H]([C@H](C)c2ccc(B3OC(C)(C)C(C)(C)O3)cc2C)C(OC(C)=O)[C@@H](C)[C@@H]1C.Cc1cc(-c2cccc3c(N)n[nH]c23)ccc1[C@@H](O)[C@H]1OC(CO)[C@@H](O)[C@H](O)C1O.Cc1cc(-c2cccc3c(N)n[nH]c23)ccc1[C@@H](O)[C@H]1OC(CO)[C@@H](O)[C@H](O)C1O.Nc1n[nH]c2c(Cl)cccc12. The van der Waals surface area contributed by atoms with Crippen LogP contribution in [0.25, 0.3) is 55.0 Å². The third-order valence-corrected chi connectivity index (χ3v) is 21.5. The molecule has 3 aromatic heterocycles. The molecule has 4 aliphatic heterocycles. The number of nitrogens with one attached hydrogen (secondary N) is 3. The third kappa shape index (κ3) is 15.8. The van der Waals surface area contributed by atoms with Gasteiger partial charge in [-0.05, 0) is 135 Å². The standard InChI is InChI=1S/C26H41BO5.2C21H25N3O6.C7H6ClN3/c1-11-22-16(3)17(4)23(29-19(6)28)24(30-22)18(5)21-13-12-20(14-15(21)2)27-31-25(7,8)26(9,10)32-27;2*1-9-7-10(12-3-2-4-13-15(12)23-24-21(13)22)5-6-11(9)16(26)20-19(29)18(28)17(27)14(8-25)30-20;8-5-3-1-2-4-6(5)10-11-7(4)9/h12-14,16-18,22-24H,11H2,1-10H3;2*2-7,14,16-20,25-29H,8H2,1H3,(H3,22,23,24);1-3H,(H3,9,10,11)/t16-,17-,18+,22?,23?,24+;2*14?,16-,17-,18+,19?,20-;/m011./s1. The van der Waals surface area contributed by atoms with Crippen LogP contribution in [0.15, 0.2) is 109 Å². The number of aromatic nitrogens is 6. The number of nitrogens with zero attached hydrogens (tertiary/aromatic N) is 3. The van der Waals surface area contributed by atoms with Crippen LogP contribution in [0.5, 0.6) is 0 Å². The molecule has 103 heavy (non-hydrogen) atoms. The fraction of sp³-hybridized carbons (Fsp3) is 0.467. The summed E-state index contributed by atoms with van der Waals surface area (Å²) in [6.45, 7) is 23.1. The Morgan fingerprint density at radius 3 is 1.38 bits per heavy atom. The molecule has 6 unspecified atom stereocenters. The van der Waals surface area contributed by atoms with Crippen LogP contribution in [-0.4, -0.2) is 199 Å². The lowest BCUT2D eigenvalue weighted by Crippen LogP contribution is -2.59. The van der Waals surface area contributed by atoms with Crippen LogP contribution >= 0.6 is 11.6 Å². The zero-order valence-electron chi connectivity index (χ0n) is 59.8. The number of aryl methyl sites for hydroxylation is 3. The van der Waals surface area contributed by atoms with Crippen molar-refractivity contribution in [2.24, 2.45) is 11.8 Å². The molecule has 18 atom stereocenters. The Morgan fingerprint density at radius 1 is 0.563 bits per heavy atom. The number of aliphatic hydroxyl groups excluding tert-OH is 10. The fourth-order valence-electron chi connectivity index (χ4n) is 14.2. The molecule has 6 aromatic carbocycles.